The first-order valence-corrected chi connectivity index (χ1v) is 9.09. The average Bonchev–Trinajstić information content (AvgIpc) is 3.12. The molecular formula is C20H19F4N3O3. The summed E-state index contributed by atoms with van der Waals surface area (Å²) in [6, 6.07) is 10.9. The van der Waals surface area contributed by atoms with Crippen LogP contribution in [0.15, 0.2) is 48.7 Å². The number of non-ortho nitro benzene ring substituents is 1. The maximum Gasteiger partial charge on any atom is 0.340 e. The van der Waals surface area contributed by atoms with E-state index in [2.05, 4.69) is 10.3 Å². The van der Waals surface area contributed by atoms with E-state index >= 15 is 0 Å². The second-order valence-corrected chi connectivity index (χ2v) is 6.73. The van der Waals surface area contributed by atoms with Crippen molar-refractivity contribution in [1.29, 1.82) is 0 Å². The van der Waals surface area contributed by atoms with Crippen LogP contribution < -0.4 is 10.1 Å². The summed E-state index contributed by atoms with van der Waals surface area (Å²) >= 11 is 0. The van der Waals surface area contributed by atoms with Crippen molar-refractivity contribution >= 4 is 16.6 Å². The summed E-state index contributed by atoms with van der Waals surface area (Å²) in [6.45, 7) is -0.366. The van der Waals surface area contributed by atoms with E-state index in [1.807, 2.05) is 0 Å². The molecule has 0 atom stereocenters. The van der Waals surface area contributed by atoms with E-state index in [0.717, 1.165) is 16.5 Å². The molecule has 160 valence electrons. The Bertz CT molecular complexity index is 1020. The third-order valence-electron chi connectivity index (χ3n) is 4.51. The maximum atomic E-state index is 13.0. The minimum atomic E-state index is -4.20. The second kappa shape index (κ2) is 9.12. The zero-order chi connectivity index (χ0) is 21.7. The number of nitrogens with one attached hydrogen (secondary N) is 2. The molecule has 0 aliphatic carbocycles. The summed E-state index contributed by atoms with van der Waals surface area (Å²) < 4.78 is 55.1. The number of ether oxygens (including phenoxy) is 1. The SMILES string of the molecule is O=[N+]([O-])c1ccc2c(CCNCc3cccc(OCC(F)(F)C(F)F)c3)c[nH]c2c1. The molecule has 0 aliphatic rings. The molecule has 1 heterocycles. The average molecular weight is 425 g/mol. The Hall–Kier alpha value is -3.14. The van der Waals surface area contributed by atoms with Crippen molar-refractivity contribution in [3.63, 3.8) is 0 Å². The first kappa shape index (κ1) is 21.6. The first-order valence-electron chi connectivity index (χ1n) is 9.09. The van der Waals surface area contributed by atoms with Crippen molar-refractivity contribution in [3.05, 3.63) is 69.9 Å². The molecule has 6 nitrogen and oxygen atoms in total. The number of nitro benzene ring substituents is 1. The molecule has 10 heteroatoms. The Balaban J connectivity index is 1.51. The number of hydrogen-bond acceptors (Lipinski definition) is 4. The molecule has 0 saturated heterocycles. The predicted octanol–water partition coefficient (Wildman–Crippen LogP) is 4.69. The zero-order valence-corrected chi connectivity index (χ0v) is 15.7. The van der Waals surface area contributed by atoms with E-state index in [1.54, 1.807) is 24.4 Å². The highest BCUT2D eigenvalue weighted by Crippen LogP contribution is 2.25. The molecule has 0 aliphatic heterocycles. The lowest BCUT2D eigenvalue weighted by molar-refractivity contribution is -0.384. The van der Waals surface area contributed by atoms with Crippen LogP contribution in [-0.4, -0.2) is 35.4 Å². The molecule has 0 radical (unpaired) electrons. The van der Waals surface area contributed by atoms with Gasteiger partial charge >= 0.3 is 12.3 Å². The summed E-state index contributed by atoms with van der Waals surface area (Å²) in [6.07, 6.45) is -1.32. The van der Waals surface area contributed by atoms with E-state index in [9.17, 15) is 27.7 Å². The van der Waals surface area contributed by atoms with Crippen LogP contribution in [0, 0.1) is 10.1 Å². The van der Waals surface area contributed by atoms with Gasteiger partial charge in [-0.1, -0.05) is 12.1 Å². The van der Waals surface area contributed by atoms with Gasteiger partial charge in [0.15, 0.2) is 6.61 Å². The number of H-pyrrole nitrogens is 1. The number of nitrogens with zero attached hydrogens (tertiary/aromatic N) is 1. The number of hydrogen-bond donors (Lipinski definition) is 2. The fourth-order valence-corrected chi connectivity index (χ4v) is 2.94. The number of benzene rings is 2. The van der Waals surface area contributed by atoms with Crippen molar-refractivity contribution in [3.8, 4) is 5.75 Å². The highest BCUT2D eigenvalue weighted by atomic mass is 19.3. The van der Waals surface area contributed by atoms with Crippen molar-refractivity contribution in [2.45, 2.75) is 25.3 Å². The number of halogens is 4. The Morgan fingerprint density at radius 3 is 2.73 bits per heavy atom. The first-order chi connectivity index (χ1) is 14.3. The van der Waals surface area contributed by atoms with Crippen molar-refractivity contribution in [2.24, 2.45) is 0 Å². The topological polar surface area (TPSA) is 80.2 Å². The number of alkyl halides is 4. The van der Waals surface area contributed by atoms with Gasteiger partial charge in [0.1, 0.15) is 5.75 Å². The molecule has 3 aromatic rings. The van der Waals surface area contributed by atoms with E-state index in [0.29, 0.717) is 25.0 Å². The molecule has 0 spiro atoms. The van der Waals surface area contributed by atoms with Crippen LogP contribution in [0.4, 0.5) is 23.2 Å². The highest BCUT2D eigenvalue weighted by Gasteiger charge is 2.41. The fourth-order valence-electron chi connectivity index (χ4n) is 2.94. The summed E-state index contributed by atoms with van der Waals surface area (Å²) in [4.78, 5) is 13.4. The normalized spacial score (nSPS) is 11.9. The van der Waals surface area contributed by atoms with Crippen molar-refractivity contribution in [1.82, 2.24) is 10.3 Å². The summed E-state index contributed by atoms with van der Waals surface area (Å²) in [5, 5.41) is 15.0. The minimum Gasteiger partial charge on any atom is -0.487 e. The molecule has 0 unspecified atom stereocenters. The van der Waals surface area contributed by atoms with Gasteiger partial charge in [-0.2, -0.15) is 8.78 Å². The van der Waals surface area contributed by atoms with Crippen molar-refractivity contribution < 1.29 is 27.2 Å². The third kappa shape index (κ3) is 5.26. The van der Waals surface area contributed by atoms with E-state index in [4.69, 9.17) is 4.74 Å². The van der Waals surface area contributed by atoms with Crippen molar-refractivity contribution in [2.75, 3.05) is 13.2 Å². The van der Waals surface area contributed by atoms with Crippen LogP contribution in [0.2, 0.25) is 0 Å². The number of nitro groups is 1. The Kier molecular flexibility index (Phi) is 6.56. The third-order valence-corrected chi connectivity index (χ3v) is 4.51. The molecule has 0 amide bonds. The molecular weight excluding hydrogens is 406 g/mol. The molecule has 0 saturated carbocycles. The zero-order valence-electron chi connectivity index (χ0n) is 15.7. The molecule has 3 rings (SSSR count). The highest BCUT2D eigenvalue weighted by molar-refractivity contribution is 5.85. The lowest BCUT2D eigenvalue weighted by Gasteiger charge is -2.16. The van der Waals surface area contributed by atoms with Gasteiger partial charge in [0, 0.05) is 30.3 Å². The summed E-state index contributed by atoms with van der Waals surface area (Å²) in [5.74, 6) is -4.11. The van der Waals surface area contributed by atoms with Gasteiger partial charge in [-0.05, 0) is 42.3 Å². The second-order valence-electron chi connectivity index (χ2n) is 6.73. The van der Waals surface area contributed by atoms with E-state index in [-0.39, 0.29) is 11.4 Å². The largest absolute Gasteiger partial charge is 0.487 e. The summed E-state index contributed by atoms with van der Waals surface area (Å²) in [7, 11) is 0. The quantitative estimate of drug-likeness (QED) is 0.214. The monoisotopic (exact) mass is 425 g/mol. The lowest BCUT2D eigenvalue weighted by Crippen LogP contribution is -2.33. The number of rotatable bonds is 10. The van der Waals surface area contributed by atoms with Gasteiger partial charge in [0.05, 0.1) is 10.4 Å². The van der Waals surface area contributed by atoms with Gasteiger partial charge in [0.2, 0.25) is 0 Å². The standard InChI is InChI=1S/C20H19F4N3O3/c21-19(22)20(23,24)12-30-16-3-1-2-13(8-16)10-25-7-6-14-11-26-18-9-15(27(28)29)4-5-17(14)18/h1-5,8-9,11,19,25-26H,6-7,10,12H2. The van der Waals surface area contributed by atoms with Crippen LogP contribution in [0.25, 0.3) is 10.9 Å². The van der Waals surface area contributed by atoms with E-state index in [1.165, 1.54) is 24.3 Å². The van der Waals surface area contributed by atoms with Gasteiger partial charge in [-0.15, -0.1) is 0 Å². The molecule has 30 heavy (non-hydrogen) atoms. The van der Waals surface area contributed by atoms with E-state index < -0.39 is 23.9 Å². The molecule has 2 N–H and O–H groups in total. The smallest absolute Gasteiger partial charge is 0.340 e. The number of aromatic nitrogens is 1. The Morgan fingerprint density at radius 2 is 2.00 bits per heavy atom. The number of fused-ring (bicyclic) bond motifs is 1. The molecule has 0 bridgehead atoms. The maximum absolute atomic E-state index is 13.0. The Labute approximate surface area is 169 Å². The molecule has 0 fully saturated rings. The predicted molar refractivity (Wildman–Crippen MR) is 103 cm³/mol. The molecule has 1 aromatic heterocycles. The van der Waals surface area contributed by atoms with Gasteiger partial charge in [-0.3, -0.25) is 10.1 Å². The van der Waals surface area contributed by atoms with Gasteiger partial charge < -0.3 is 15.0 Å². The van der Waals surface area contributed by atoms with Crippen LogP contribution >= 0.6 is 0 Å². The van der Waals surface area contributed by atoms with Crippen LogP contribution in [0.3, 0.4) is 0 Å². The van der Waals surface area contributed by atoms with Crippen LogP contribution in [0.1, 0.15) is 11.1 Å². The number of aromatic amines is 1. The fraction of sp³-hybridized carbons (Fsp3) is 0.300. The van der Waals surface area contributed by atoms with Gasteiger partial charge in [0.25, 0.3) is 5.69 Å². The summed E-state index contributed by atoms with van der Waals surface area (Å²) in [5.41, 5.74) is 2.45. The van der Waals surface area contributed by atoms with Gasteiger partial charge in [-0.25, -0.2) is 8.78 Å². The minimum absolute atomic E-state index is 0.0161. The Morgan fingerprint density at radius 1 is 1.20 bits per heavy atom. The molecule has 2 aromatic carbocycles. The lowest BCUT2D eigenvalue weighted by atomic mass is 10.1. The van der Waals surface area contributed by atoms with Crippen LogP contribution in [-0.2, 0) is 13.0 Å². The van der Waals surface area contributed by atoms with Crippen LogP contribution in [0.5, 0.6) is 5.75 Å².